The van der Waals surface area contributed by atoms with Crippen LogP contribution in [-0.4, -0.2) is 62.4 Å². The third-order valence-corrected chi connectivity index (χ3v) is 5.75. The van der Waals surface area contributed by atoms with E-state index in [9.17, 15) is 14.7 Å². The van der Waals surface area contributed by atoms with E-state index in [4.69, 9.17) is 9.47 Å². The van der Waals surface area contributed by atoms with Crippen LogP contribution >= 0.6 is 0 Å². The molecule has 0 unspecified atom stereocenters. The fourth-order valence-electron chi connectivity index (χ4n) is 3.91. The van der Waals surface area contributed by atoms with E-state index in [1.165, 1.54) is 0 Å². The summed E-state index contributed by atoms with van der Waals surface area (Å²) in [4.78, 5) is 33.3. The number of anilines is 3. The molecule has 1 saturated heterocycles. The number of carboxylic acids is 1. The van der Waals surface area contributed by atoms with Gasteiger partial charge in [-0.1, -0.05) is 0 Å². The monoisotopic (exact) mass is 462 g/mol. The molecule has 9 heteroatoms. The molecule has 0 bridgehead atoms. The zero-order chi connectivity index (χ0) is 24.1. The summed E-state index contributed by atoms with van der Waals surface area (Å²) >= 11 is 0. The maximum atomic E-state index is 12.6. The van der Waals surface area contributed by atoms with E-state index in [1.54, 1.807) is 56.8 Å². The summed E-state index contributed by atoms with van der Waals surface area (Å²) in [7, 11) is 3.17. The van der Waals surface area contributed by atoms with Crippen LogP contribution < -0.4 is 24.6 Å². The Labute approximate surface area is 197 Å². The van der Waals surface area contributed by atoms with Gasteiger partial charge < -0.3 is 29.7 Å². The molecule has 2 aromatic carbocycles. The first kappa shape index (κ1) is 22.9. The highest BCUT2D eigenvalue weighted by Gasteiger charge is 2.22. The second-order valence-corrected chi connectivity index (χ2v) is 7.72. The van der Waals surface area contributed by atoms with E-state index in [2.05, 4.69) is 20.1 Å². The van der Waals surface area contributed by atoms with Crippen LogP contribution in [0.25, 0.3) is 0 Å². The van der Waals surface area contributed by atoms with Crippen LogP contribution in [-0.2, 0) is 0 Å². The summed E-state index contributed by atoms with van der Waals surface area (Å²) < 4.78 is 10.5. The summed E-state index contributed by atoms with van der Waals surface area (Å²) in [5.74, 6) is 0.654. The molecule has 0 atom stereocenters. The number of methoxy groups -OCH3 is 2. The van der Waals surface area contributed by atoms with E-state index >= 15 is 0 Å². The van der Waals surface area contributed by atoms with Gasteiger partial charge in [-0.25, -0.2) is 9.78 Å². The van der Waals surface area contributed by atoms with Crippen molar-refractivity contribution in [3.63, 3.8) is 0 Å². The largest absolute Gasteiger partial charge is 0.497 e. The first-order valence-electron chi connectivity index (χ1n) is 10.8. The second-order valence-electron chi connectivity index (χ2n) is 7.72. The van der Waals surface area contributed by atoms with Crippen molar-refractivity contribution >= 4 is 29.1 Å². The number of nitrogens with one attached hydrogen (secondary N) is 1. The lowest BCUT2D eigenvalue weighted by Crippen LogP contribution is -2.47. The summed E-state index contributed by atoms with van der Waals surface area (Å²) in [6.45, 7) is 2.81. The number of carboxylic acid groups (broad SMARTS) is 1. The van der Waals surface area contributed by atoms with Crippen LogP contribution in [0.5, 0.6) is 11.5 Å². The molecule has 0 aliphatic carbocycles. The SMILES string of the molecule is COc1ccc(C(=O)Nc2ccc(N3CCN(c4ncccc4OC)CC3)cc2C(=O)O)cc1. The van der Waals surface area contributed by atoms with Gasteiger partial charge in [-0.2, -0.15) is 0 Å². The molecule has 34 heavy (non-hydrogen) atoms. The zero-order valence-electron chi connectivity index (χ0n) is 19.0. The van der Waals surface area contributed by atoms with Crippen LogP contribution in [0.4, 0.5) is 17.2 Å². The fourth-order valence-corrected chi connectivity index (χ4v) is 3.91. The number of amides is 1. The lowest BCUT2D eigenvalue weighted by atomic mass is 10.1. The van der Waals surface area contributed by atoms with Gasteiger partial charge in [0.15, 0.2) is 11.6 Å². The van der Waals surface area contributed by atoms with Crippen LogP contribution in [0.1, 0.15) is 20.7 Å². The molecule has 0 saturated carbocycles. The number of rotatable bonds is 7. The van der Waals surface area contributed by atoms with E-state index in [0.29, 0.717) is 37.5 Å². The van der Waals surface area contributed by atoms with E-state index in [1.807, 2.05) is 18.2 Å². The molecule has 176 valence electrons. The summed E-state index contributed by atoms with van der Waals surface area (Å²) in [6, 6.07) is 15.4. The number of aromatic carboxylic acids is 1. The van der Waals surface area contributed by atoms with Crippen molar-refractivity contribution in [3.05, 3.63) is 71.9 Å². The van der Waals surface area contributed by atoms with Gasteiger partial charge in [-0.3, -0.25) is 4.79 Å². The molecule has 1 fully saturated rings. The minimum absolute atomic E-state index is 0.0354. The molecule has 4 rings (SSSR count). The number of ether oxygens (including phenoxy) is 2. The first-order chi connectivity index (χ1) is 16.5. The third-order valence-electron chi connectivity index (χ3n) is 5.75. The van der Waals surface area contributed by atoms with E-state index in [0.717, 1.165) is 17.3 Å². The van der Waals surface area contributed by atoms with Crippen molar-refractivity contribution in [2.45, 2.75) is 0 Å². The van der Waals surface area contributed by atoms with E-state index in [-0.39, 0.29) is 11.3 Å². The molecule has 1 aliphatic rings. The maximum Gasteiger partial charge on any atom is 0.337 e. The smallest absolute Gasteiger partial charge is 0.337 e. The van der Waals surface area contributed by atoms with Crippen LogP contribution in [0, 0.1) is 0 Å². The molecule has 0 spiro atoms. The highest BCUT2D eigenvalue weighted by molar-refractivity contribution is 6.08. The summed E-state index contributed by atoms with van der Waals surface area (Å²) in [6.07, 6.45) is 1.74. The normalized spacial score (nSPS) is 13.4. The van der Waals surface area contributed by atoms with Crippen molar-refractivity contribution in [1.29, 1.82) is 0 Å². The molecule has 0 radical (unpaired) electrons. The Morgan fingerprint density at radius 3 is 2.29 bits per heavy atom. The van der Waals surface area contributed by atoms with Crippen molar-refractivity contribution in [1.82, 2.24) is 4.98 Å². The predicted octanol–water partition coefficient (Wildman–Crippen LogP) is 3.38. The first-order valence-corrected chi connectivity index (χ1v) is 10.8. The number of hydrogen-bond acceptors (Lipinski definition) is 7. The Morgan fingerprint density at radius 2 is 1.65 bits per heavy atom. The van der Waals surface area contributed by atoms with Gasteiger partial charge in [0.05, 0.1) is 25.5 Å². The van der Waals surface area contributed by atoms with E-state index < -0.39 is 11.9 Å². The Balaban J connectivity index is 1.47. The van der Waals surface area contributed by atoms with Gasteiger partial charge in [0, 0.05) is 43.6 Å². The molecule has 2 N–H and O–H groups in total. The number of carbonyl (C=O) groups excluding carboxylic acids is 1. The average Bonchev–Trinajstić information content (AvgIpc) is 2.89. The van der Waals surface area contributed by atoms with Crippen LogP contribution in [0.3, 0.4) is 0 Å². The highest BCUT2D eigenvalue weighted by atomic mass is 16.5. The summed E-state index contributed by atoms with van der Waals surface area (Å²) in [5.41, 5.74) is 1.47. The quantitative estimate of drug-likeness (QED) is 0.551. The van der Waals surface area contributed by atoms with Crippen molar-refractivity contribution in [2.24, 2.45) is 0 Å². The molecule has 1 aromatic heterocycles. The lowest BCUT2D eigenvalue weighted by molar-refractivity contribution is 0.0698. The van der Waals surface area contributed by atoms with Gasteiger partial charge in [0.2, 0.25) is 0 Å². The molecular weight excluding hydrogens is 436 g/mol. The number of carbonyl (C=O) groups is 2. The Morgan fingerprint density at radius 1 is 0.941 bits per heavy atom. The van der Waals surface area contributed by atoms with Gasteiger partial charge in [0.1, 0.15) is 5.75 Å². The Bertz CT molecular complexity index is 1170. The van der Waals surface area contributed by atoms with Crippen LogP contribution in [0.15, 0.2) is 60.8 Å². The number of piperazine rings is 1. The number of aromatic nitrogens is 1. The minimum Gasteiger partial charge on any atom is -0.497 e. The second kappa shape index (κ2) is 10.1. The summed E-state index contributed by atoms with van der Waals surface area (Å²) in [5, 5.41) is 12.5. The van der Waals surface area contributed by atoms with Gasteiger partial charge in [-0.05, 0) is 54.6 Å². The van der Waals surface area contributed by atoms with Crippen molar-refractivity contribution < 1.29 is 24.2 Å². The third kappa shape index (κ3) is 4.88. The average molecular weight is 463 g/mol. The number of hydrogen-bond donors (Lipinski definition) is 2. The molecule has 2 heterocycles. The standard InChI is InChI=1S/C25H26N4O5/c1-33-19-8-5-17(6-9-19)24(30)27-21-10-7-18(16-20(21)25(31)32)28-12-14-29(15-13-28)23-22(34-2)4-3-11-26-23/h3-11,16H,12-15H2,1-2H3,(H,27,30)(H,31,32). The maximum absolute atomic E-state index is 12.6. The highest BCUT2D eigenvalue weighted by Crippen LogP contribution is 2.29. The van der Waals surface area contributed by atoms with Gasteiger partial charge in [0.25, 0.3) is 5.91 Å². The molecule has 9 nitrogen and oxygen atoms in total. The zero-order valence-corrected chi connectivity index (χ0v) is 19.0. The topological polar surface area (TPSA) is 104 Å². The number of benzene rings is 2. The van der Waals surface area contributed by atoms with Crippen molar-refractivity contribution in [3.8, 4) is 11.5 Å². The Hall–Kier alpha value is -4.27. The van der Waals surface area contributed by atoms with Crippen LogP contribution in [0.2, 0.25) is 0 Å². The molecular formula is C25H26N4O5. The minimum atomic E-state index is -1.11. The molecule has 1 aliphatic heterocycles. The number of nitrogens with zero attached hydrogens (tertiary/aromatic N) is 3. The lowest BCUT2D eigenvalue weighted by Gasteiger charge is -2.37. The van der Waals surface area contributed by atoms with Gasteiger partial charge in [-0.15, -0.1) is 0 Å². The van der Waals surface area contributed by atoms with Crippen molar-refractivity contribution in [2.75, 3.05) is 55.5 Å². The predicted molar refractivity (Wildman–Crippen MR) is 130 cm³/mol. The van der Waals surface area contributed by atoms with Gasteiger partial charge >= 0.3 is 5.97 Å². The fraction of sp³-hybridized carbons (Fsp3) is 0.240. The molecule has 1 amide bonds. The number of pyridine rings is 1. The Kier molecular flexibility index (Phi) is 6.82. The molecule has 3 aromatic rings.